The number of nitrogens with two attached hydrogens (primary N) is 1. The largest absolute Gasteiger partial charge is 0.507 e. The molecule has 0 saturated carbocycles. The molecule has 3 rings (SSSR count). The van der Waals surface area contributed by atoms with Crippen molar-refractivity contribution in [1.82, 2.24) is 10.2 Å². The van der Waals surface area contributed by atoms with E-state index >= 15 is 0 Å². The number of phenols is 1. The van der Waals surface area contributed by atoms with Crippen molar-refractivity contribution in [2.24, 2.45) is 5.73 Å². The summed E-state index contributed by atoms with van der Waals surface area (Å²) in [7, 11) is 3.85. The van der Waals surface area contributed by atoms with E-state index in [1.54, 1.807) is 0 Å². The molecule has 0 saturated heterocycles. The Morgan fingerprint density at radius 2 is 1.97 bits per heavy atom. The molecule has 0 aliphatic carbocycles. The summed E-state index contributed by atoms with van der Waals surface area (Å²) in [6.07, 6.45) is 0. The van der Waals surface area contributed by atoms with E-state index in [2.05, 4.69) is 5.32 Å². The zero-order valence-corrected chi connectivity index (χ0v) is 16.3. The molecule has 4 N–H and O–H groups in total. The quantitative estimate of drug-likeness (QED) is 0.501. The van der Waals surface area contributed by atoms with E-state index in [4.69, 9.17) is 14.9 Å². The molecule has 0 unspecified atom stereocenters. The lowest BCUT2D eigenvalue weighted by atomic mass is 10.1. The third-order valence-corrected chi connectivity index (χ3v) is 4.27. The number of aromatic hydroxyl groups is 1. The van der Waals surface area contributed by atoms with Gasteiger partial charge in [-0.3, -0.25) is 9.59 Å². The number of fused-ring (bicyclic) bond motifs is 1. The van der Waals surface area contributed by atoms with Crippen LogP contribution in [0.1, 0.15) is 26.5 Å². The number of hydrogen-bond acceptors (Lipinski definition) is 6. The Hall–Kier alpha value is -3.52. The molecule has 0 fully saturated rings. The molecule has 0 bridgehead atoms. The predicted octanol–water partition coefficient (Wildman–Crippen LogP) is 2.11. The van der Waals surface area contributed by atoms with E-state index in [0.29, 0.717) is 17.9 Å². The van der Waals surface area contributed by atoms with E-state index < -0.39 is 5.91 Å². The number of carbonyl (C=O) groups excluding carboxylic acids is 2. The maximum Gasteiger partial charge on any atom is 0.287 e. The summed E-state index contributed by atoms with van der Waals surface area (Å²) in [5.74, 6) is -0.661. The molecule has 0 spiro atoms. The van der Waals surface area contributed by atoms with E-state index in [9.17, 15) is 14.7 Å². The lowest BCUT2D eigenvalue weighted by Gasteiger charge is -2.11. The van der Waals surface area contributed by atoms with Crippen LogP contribution in [-0.2, 0) is 6.54 Å². The van der Waals surface area contributed by atoms with E-state index in [-0.39, 0.29) is 36.1 Å². The van der Waals surface area contributed by atoms with Crippen molar-refractivity contribution in [1.29, 1.82) is 0 Å². The molecule has 2 amide bonds. The smallest absolute Gasteiger partial charge is 0.287 e. The summed E-state index contributed by atoms with van der Waals surface area (Å²) in [6.45, 7) is 0.974. The third-order valence-electron chi connectivity index (χ3n) is 4.27. The van der Waals surface area contributed by atoms with Gasteiger partial charge < -0.3 is 30.2 Å². The van der Waals surface area contributed by atoms with Crippen LogP contribution in [0.5, 0.6) is 11.5 Å². The molecule has 0 atom stereocenters. The molecule has 1 heterocycles. The maximum atomic E-state index is 12.6. The van der Waals surface area contributed by atoms with Crippen LogP contribution < -0.4 is 15.8 Å². The van der Waals surface area contributed by atoms with Gasteiger partial charge in [-0.15, -0.1) is 0 Å². The predicted molar refractivity (Wildman–Crippen MR) is 108 cm³/mol. The molecular formula is C21H23N3O5. The zero-order valence-electron chi connectivity index (χ0n) is 16.3. The minimum atomic E-state index is -0.722. The first-order valence-corrected chi connectivity index (χ1v) is 9.05. The molecule has 8 nitrogen and oxygen atoms in total. The summed E-state index contributed by atoms with van der Waals surface area (Å²) in [5, 5.41) is 13.4. The number of furan rings is 1. The highest BCUT2D eigenvalue weighted by atomic mass is 16.5. The molecule has 3 aromatic rings. The second-order valence-corrected chi connectivity index (χ2v) is 6.79. The average Bonchev–Trinajstić information content (AvgIpc) is 3.03. The fraction of sp³-hybridized carbons (Fsp3) is 0.238. The summed E-state index contributed by atoms with van der Waals surface area (Å²) in [5.41, 5.74) is 6.66. The molecule has 152 valence electrons. The Labute approximate surface area is 167 Å². The Morgan fingerprint density at radius 3 is 2.66 bits per heavy atom. The molecule has 0 aliphatic rings. The topological polar surface area (TPSA) is 118 Å². The highest BCUT2D eigenvalue weighted by Crippen LogP contribution is 2.27. The van der Waals surface area contributed by atoms with Gasteiger partial charge in [-0.2, -0.15) is 0 Å². The fourth-order valence-corrected chi connectivity index (χ4v) is 2.98. The zero-order chi connectivity index (χ0) is 21.0. The number of ether oxygens (including phenoxy) is 1. The first kappa shape index (κ1) is 20.2. The van der Waals surface area contributed by atoms with Gasteiger partial charge in [-0.05, 0) is 32.3 Å². The van der Waals surface area contributed by atoms with Gasteiger partial charge in [0.25, 0.3) is 11.8 Å². The van der Waals surface area contributed by atoms with Gasteiger partial charge in [0.2, 0.25) is 0 Å². The van der Waals surface area contributed by atoms with E-state index in [0.717, 1.165) is 10.9 Å². The van der Waals surface area contributed by atoms with E-state index in [1.165, 1.54) is 18.2 Å². The molecule has 1 aromatic heterocycles. The number of nitrogens with one attached hydrogen (secondary N) is 1. The van der Waals surface area contributed by atoms with Crippen molar-refractivity contribution in [3.8, 4) is 11.5 Å². The third kappa shape index (κ3) is 4.67. The number of nitrogens with zero attached hydrogens (tertiary/aromatic N) is 1. The number of benzene rings is 2. The van der Waals surface area contributed by atoms with Gasteiger partial charge in [0, 0.05) is 23.6 Å². The molecule has 0 radical (unpaired) electrons. The van der Waals surface area contributed by atoms with Crippen LogP contribution in [0.25, 0.3) is 11.0 Å². The number of carbonyl (C=O) groups is 2. The van der Waals surface area contributed by atoms with Crippen molar-refractivity contribution in [2.75, 3.05) is 27.2 Å². The number of primary amides is 1. The Kier molecular flexibility index (Phi) is 6.04. The maximum absolute atomic E-state index is 12.6. The first-order valence-electron chi connectivity index (χ1n) is 9.05. The molecule has 8 heteroatoms. The summed E-state index contributed by atoms with van der Waals surface area (Å²) in [4.78, 5) is 25.7. The van der Waals surface area contributed by atoms with Gasteiger partial charge in [0.05, 0.1) is 12.1 Å². The lowest BCUT2D eigenvalue weighted by molar-refractivity contribution is 0.0918. The highest BCUT2D eigenvalue weighted by molar-refractivity contribution is 5.99. The van der Waals surface area contributed by atoms with Crippen molar-refractivity contribution in [2.45, 2.75) is 6.54 Å². The Bertz CT molecular complexity index is 1040. The highest BCUT2D eigenvalue weighted by Gasteiger charge is 2.20. The normalized spacial score (nSPS) is 11.0. The second-order valence-electron chi connectivity index (χ2n) is 6.79. The van der Waals surface area contributed by atoms with Crippen LogP contribution in [0.2, 0.25) is 0 Å². The fourth-order valence-electron chi connectivity index (χ4n) is 2.98. The van der Waals surface area contributed by atoms with Gasteiger partial charge >= 0.3 is 0 Å². The number of rotatable bonds is 8. The second kappa shape index (κ2) is 8.66. The van der Waals surface area contributed by atoms with Crippen molar-refractivity contribution in [3.05, 3.63) is 59.4 Å². The van der Waals surface area contributed by atoms with Crippen LogP contribution >= 0.6 is 0 Å². The van der Waals surface area contributed by atoms with Gasteiger partial charge in [-0.25, -0.2) is 0 Å². The van der Waals surface area contributed by atoms with Gasteiger partial charge in [0.15, 0.2) is 5.76 Å². The molecule has 2 aromatic carbocycles. The van der Waals surface area contributed by atoms with Crippen LogP contribution in [0.15, 0.2) is 46.9 Å². The number of amides is 2. The number of hydrogen-bond donors (Lipinski definition) is 3. The summed E-state index contributed by atoms with van der Waals surface area (Å²) in [6, 6.07) is 11.7. The standard InChI is InChI=1S/C21H23N3O5/c1-24(2)12-16-14-5-3-4-6-18(14)29-19(16)21(27)23-9-10-28-13-7-8-15(20(22)26)17(25)11-13/h3-8,11,25H,9-10,12H2,1-2H3,(H2,22,26)(H,23,27). The number of para-hydroxylation sites is 1. The Balaban J connectivity index is 1.63. The minimum absolute atomic E-state index is 0.0176. The minimum Gasteiger partial charge on any atom is -0.507 e. The van der Waals surface area contributed by atoms with Crippen LogP contribution in [0, 0.1) is 0 Å². The Morgan fingerprint density at radius 1 is 1.21 bits per heavy atom. The molecule has 29 heavy (non-hydrogen) atoms. The van der Waals surface area contributed by atoms with E-state index in [1.807, 2.05) is 43.3 Å². The monoisotopic (exact) mass is 397 g/mol. The lowest BCUT2D eigenvalue weighted by Crippen LogP contribution is -2.29. The van der Waals surface area contributed by atoms with Crippen LogP contribution in [0.4, 0.5) is 0 Å². The van der Waals surface area contributed by atoms with Crippen LogP contribution in [-0.4, -0.2) is 49.1 Å². The summed E-state index contributed by atoms with van der Waals surface area (Å²) >= 11 is 0. The van der Waals surface area contributed by atoms with Gasteiger partial charge in [-0.1, -0.05) is 18.2 Å². The average molecular weight is 397 g/mol. The van der Waals surface area contributed by atoms with Crippen molar-refractivity contribution >= 4 is 22.8 Å². The SMILES string of the molecule is CN(C)Cc1c(C(=O)NCCOc2ccc(C(N)=O)c(O)c2)oc2ccccc12. The first-order chi connectivity index (χ1) is 13.9. The van der Waals surface area contributed by atoms with Crippen molar-refractivity contribution in [3.63, 3.8) is 0 Å². The van der Waals surface area contributed by atoms with Crippen LogP contribution in [0.3, 0.4) is 0 Å². The summed E-state index contributed by atoms with van der Waals surface area (Å²) < 4.78 is 11.3. The molecule has 0 aliphatic heterocycles. The van der Waals surface area contributed by atoms with Crippen molar-refractivity contribution < 1.29 is 23.8 Å². The molecular weight excluding hydrogens is 374 g/mol. The van der Waals surface area contributed by atoms with Gasteiger partial charge in [0.1, 0.15) is 23.7 Å².